The SMILES string of the molecule is CN(C)c1cc(-c2ccc(F)c(F)c2)c(O)c2c1C[C@]1(N)C[C@]3(N)[C@@H](N(C)C)C(=O)C(C(N)=O)C(=O)[C@]3(O)C(=O)C1C2=O. The van der Waals surface area contributed by atoms with Crippen LogP contribution in [0.2, 0.25) is 0 Å². The normalized spacial score (nSPS) is 31.9. The van der Waals surface area contributed by atoms with Crippen molar-refractivity contribution in [3.8, 4) is 16.9 Å². The van der Waals surface area contributed by atoms with E-state index in [1.165, 1.54) is 31.1 Å². The molecule has 2 aromatic carbocycles. The van der Waals surface area contributed by atoms with Gasteiger partial charge in [-0.3, -0.25) is 28.9 Å². The Morgan fingerprint density at radius 3 is 2.16 bits per heavy atom. The van der Waals surface area contributed by atoms with Crippen LogP contribution in [0, 0.1) is 23.5 Å². The molecular formula is C29H31F2N5O7. The molecule has 2 fully saturated rings. The number of phenolic OH excluding ortho intramolecular Hbond substituents is 1. The lowest BCUT2D eigenvalue weighted by Gasteiger charge is -2.61. The first-order valence-electron chi connectivity index (χ1n) is 13.3. The van der Waals surface area contributed by atoms with E-state index in [9.17, 15) is 43.0 Å². The maximum Gasteiger partial charge on any atom is 0.235 e. The van der Waals surface area contributed by atoms with Crippen LogP contribution >= 0.6 is 0 Å². The number of halogens is 2. The number of primary amides is 1. The van der Waals surface area contributed by atoms with Gasteiger partial charge in [0.1, 0.15) is 11.7 Å². The molecule has 2 unspecified atom stereocenters. The molecule has 3 aliphatic rings. The Morgan fingerprint density at radius 1 is 1.00 bits per heavy atom. The third-order valence-electron chi connectivity index (χ3n) is 9.06. The summed E-state index contributed by atoms with van der Waals surface area (Å²) in [5.41, 5.74) is 11.5. The number of nitrogens with zero attached hydrogens (tertiary/aromatic N) is 2. The summed E-state index contributed by atoms with van der Waals surface area (Å²) in [5.74, 6) is -13.6. The summed E-state index contributed by atoms with van der Waals surface area (Å²) in [7, 11) is 6.05. The molecule has 12 nitrogen and oxygen atoms in total. The van der Waals surface area contributed by atoms with Crippen molar-refractivity contribution in [2.45, 2.75) is 35.6 Å². The smallest absolute Gasteiger partial charge is 0.235 e. The summed E-state index contributed by atoms with van der Waals surface area (Å²) in [4.78, 5) is 70.5. The molecule has 228 valence electrons. The Balaban J connectivity index is 1.77. The van der Waals surface area contributed by atoms with Crippen LogP contribution in [0.5, 0.6) is 5.75 Å². The Labute approximate surface area is 244 Å². The van der Waals surface area contributed by atoms with E-state index in [-0.39, 0.29) is 28.7 Å². The monoisotopic (exact) mass is 599 g/mol. The highest BCUT2D eigenvalue weighted by molar-refractivity contribution is 6.34. The van der Waals surface area contributed by atoms with E-state index in [0.717, 1.165) is 12.1 Å². The van der Waals surface area contributed by atoms with Gasteiger partial charge in [-0.25, -0.2) is 8.78 Å². The molecule has 8 N–H and O–H groups in total. The Morgan fingerprint density at radius 2 is 1.63 bits per heavy atom. The van der Waals surface area contributed by atoms with Crippen LogP contribution in [0.25, 0.3) is 11.1 Å². The molecular weight excluding hydrogens is 568 g/mol. The van der Waals surface area contributed by atoms with Crippen LogP contribution in [0.1, 0.15) is 22.3 Å². The number of Topliss-reactive ketones (excluding diaryl/α,β-unsaturated/α-hetero) is 4. The minimum Gasteiger partial charge on any atom is -0.507 e. The minimum atomic E-state index is -3.23. The minimum absolute atomic E-state index is 0.0216. The zero-order valence-electron chi connectivity index (χ0n) is 23.8. The largest absolute Gasteiger partial charge is 0.507 e. The number of hydrogen-bond acceptors (Lipinski definition) is 11. The molecule has 5 rings (SSSR count). The van der Waals surface area contributed by atoms with E-state index in [1.54, 1.807) is 19.0 Å². The van der Waals surface area contributed by atoms with Crippen LogP contribution in [0.4, 0.5) is 14.5 Å². The van der Waals surface area contributed by atoms with Crippen molar-refractivity contribution in [3.63, 3.8) is 0 Å². The average molecular weight is 600 g/mol. The van der Waals surface area contributed by atoms with E-state index < -0.39 is 87.4 Å². The van der Waals surface area contributed by atoms with E-state index in [2.05, 4.69) is 0 Å². The van der Waals surface area contributed by atoms with Crippen molar-refractivity contribution >= 4 is 34.7 Å². The van der Waals surface area contributed by atoms with Gasteiger partial charge in [-0.2, -0.15) is 0 Å². The topological polar surface area (TPSA) is 210 Å². The molecule has 2 aromatic rings. The first-order valence-corrected chi connectivity index (χ1v) is 13.3. The van der Waals surface area contributed by atoms with Crippen molar-refractivity contribution < 1.29 is 43.0 Å². The molecule has 0 heterocycles. The Bertz CT molecular complexity index is 1660. The van der Waals surface area contributed by atoms with Gasteiger partial charge in [-0.15, -0.1) is 0 Å². The molecule has 0 aromatic heterocycles. The molecule has 2 saturated carbocycles. The molecule has 0 bridgehead atoms. The maximum atomic E-state index is 14.3. The van der Waals surface area contributed by atoms with Crippen molar-refractivity contribution in [1.29, 1.82) is 0 Å². The van der Waals surface area contributed by atoms with Crippen LogP contribution in [-0.2, 0) is 25.6 Å². The van der Waals surface area contributed by atoms with Gasteiger partial charge >= 0.3 is 0 Å². The van der Waals surface area contributed by atoms with Crippen LogP contribution < -0.4 is 22.1 Å². The number of anilines is 1. The number of phenols is 1. The number of aromatic hydroxyl groups is 1. The van der Waals surface area contributed by atoms with E-state index in [1.807, 2.05) is 0 Å². The van der Waals surface area contributed by atoms with E-state index in [4.69, 9.17) is 17.2 Å². The number of amides is 1. The number of carbonyl (C=O) groups is 5. The van der Waals surface area contributed by atoms with Crippen LogP contribution in [0.3, 0.4) is 0 Å². The first kappa shape index (κ1) is 30.4. The molecule has 1 amide bonds. The third-order valence-corrected chi connectivity index (χ3v) is 9.06. The molecule has 14 heteroatoms. The molecule has 0 spiro atoms. The summed E-state index contributed by atoms with van der Waals surface area (Å²) in [6.07, 6.45) is -0.872. The molecule has 0 radical (unpaired) electrons. The predicted octanol–water partition coefficient (Wildman–Crippen LogP) is -0.959. The van der Waals surface area contributed by atoms with Crippen molar-refractivity contribution in [1.82, 2.24) is 4.90 Å². The number of carbonyl (C=O) groups excluding carboxylic acids is 5. The Hall–Kier alpha value is -4.11. The summed E-state index contributed by atoms with van der Waals surface area (Å²) < 4.78 is 27.8. The second kappa shape index (κ2) is 9.44. The van der Waals surface area contributed by atoms with Gasteiger partial charge in [-0.05, 0) is 56.3 Å². The zero-order valence-corrected chi connectivity index (χ0v) is 23.8. The van der Waals surface area contributed by atoms with Gasteiger partial charge in [0.15, 0.2) is 40.7 Å². The van der Waals surface area contributed by atoms with Crippen molar-refractivity contribution in [3.05, 3.63) is 47.0 Å². The van der Waals surface area contributed by atoms with Gasteiger partial charge in [0, 0.05) is 30.9 Å². The maximum absolute atomic E-state index is 14.3. The van der Waals surface area contributed by atoms with Crippen LogP contribution in [-0.4, -0.2) is 95.1 Å². The summed E-state index contributed by atoms with van der Waals surface area (Å²) in [6.45, 7) is 0. The number of rotatable bonds is 4. The molecule has 3 aliphatic carbocycles. The third kappa shape index (κ3) is 3.83. The molecule has 0 aliphatic heterocycles. The highest BCUT2D eigenvalue weighted by atomic mass is 19.2. The number of aliphatic hydroxyl groups is 1. The zero-order chi connectivity index (χ0) is 32.1. The molecule has 43 heavy (non-hydrogen) atoms. The number of benzene rings is 2. The predicted molar refractivity (Wildman–Crippen MR) is 148 cm³/mol. The van der Waals surface area contributed by atoms with E-state index in [0.29, 0.717) is 5.69 Å². The lowest BCUT2D eigenvalue weighted by molar-refractivity contribution is -0.185. The fraction of sp³-hybridized carbons (Fsp3) is 0.414. The highest BCUT2D eigenvalue weighted by Crippen LogP contribution is 2.54. The number of likely N-dealkylation sites (N-methyl/N-ethyl adjacent to an activating group) is 1. The second-order valence-corrected chi connectivity index (χ2v) is 12.1. The summed E-state index contributed by atoms with van der Waals surface area (Å²) >= 11 is 0. The lowest BCUT2D eigenvalue weighted by Crippen LogP contribution is -2.89. The first-order chi connectivity index (χ1) is 19.8. The number of ketones is 4. The lowest BCUT2D eigenvalue weighted by atomic mass is 9.46. The number of fused-ring (bicyclic) bond motifs is 3. The van der Waals surface area contributed by atoms with Gasteiger partial charge in [0.05, 0.1) is 17.1 Å². The van der Waals surface area contributed by atoms with Crippen molar-refractivity contribution in [2.24, 2.45) is 29.0 Å². The van der Waals surface area contributed by atoms with Crippen LogP contribution in [0.15, 0.2) is 24.3 Å². The van der Waals surface area contributed by atoms with Gasteiger partial charge in [0.2, 0.25) is 11.5 Å². The standard InChI is InChI=1S/C29H31F2N5O7/c1-35(2)16-8-12(11-5-6-14(30)15(31)7-11)20(37)17-13(16)9-27(33)10-28(34)23(36(3)4)22(39)18(26(32)42)24(40)29(28,43)25(41)19(27)21(17)38/h5-8,18-19,23,37,43H,9-10,33-34H2,1-4H3,(H2,32,42)/t18?,19?,23-,27-,28-,29-/m0/s1. The van der Waals surface area contributed by atoms with Gasteiger partial charge < -0.3 is 32.3 Å². The average Bonchev–Trinajstić information content (AvgIpc) is 2.87. The van der Waals surface area contributed by atoms with Gasteiger partial charge in [0.25, 0.3) is 0 Å². The number of hydrogen-bond donors (Lipinski definition) is 5. The highest BCUT2D eigenvalue weighted by Gasteiger charge is 2.77. The summed E-state index contributed by atoms with van der Waals surface area (Å²) in [5, 5.41) is 23.3. The fourth-order valence-electron chi connectivity index (χ4n) is 7.30. The molecule has 0 saturated heterocycles. The quantitative estimate of drug-likeness (QED) is 0.270. The van der Waals surface area contributed by atoms with E-state index >= 15 is 0 Å². The second-order valence-electron chi connectivity index (χ2n) is 12.1. The van der Waals surface area contributed by atoms with Crippen molar-refractivity contribution in [2.75, 3.05) is 33.1 Å². The summed E-state index contributed by atoms with van der Waals surface area (Å²) in [6, 6.07) is 2.74. The Kier molecular flexibility index (Phi) is 6.67. The van der Waals surface area contributed by atoms with Gasteiger partial charge in [-0.1, -0.05) is 6.07 Å². The fourth-order valence-corrected chi connectivity index (χ4v) is 7.30. The molecule has 6 atom stereocenters. The number of nitrogens with two attached hydrogens (primary N) is 3.